The number of rotatable bonds is 6. The largest absolute Gasteiger partial charge is 0.411 e. The summed E-state index contributed by atoms with van der Waals surface area (Å²) in [4.78, 5) is 8.31. The predicted octanol–water partition coefficient (Wildman–Crippen LogP) is 3.00. The molecule has 0 bridgehead atoms. The molecule has 3 heterocycles. The summed E-state index contributed by atoms with van der Waals surface area (Å²) in [5.74, 6) is 1.99. The van der Waals surface area contributed by atoms with Crippen LogP contribution in [0.5, 0.6) is 0 Å². The third kappa shape index (κ3) is 4.12. The highest BCUT2D eigenvalue weighted by Gasteiger charge is 2.13. The van der Waals surface area contributed by atoms with Crippen LogP contribution in [0.1, 0.15) is 17.1 Å². The monoisotopic (exact) mass is 414 g/mol. The van der Waals surface area contributed by atoms with Crippen LogP contribution < -0.4 is 5.73 Å². The number of hydrogen-bond donors (Lipinski definition) is 1. The van der Waals surface area contributed by atoms with Gasteiger partial charge in [-0.05, 0) is 19.1 Å². The molecule has 28 heavy (non-hydrogen) atoms. The summed E-state index contributed by atoms with van der Waals surface area (Å²) in [6.45, 7) is 2.24. The van der Waals surface area contributed by atoms with Crippen molar-refractivity contribution in [2.45, 2.75) is 24.4 Å². The molecule has 9 nitrogen and oxygen atoms in total. The quantitative estimate of drug-likeness (QED) is 0.474. The number of nitrogens with two attached hydrogens (primary N) is 1. The highest BCUT2D eigenvalue weighted by molar-refractivity contribution is 7.98. The van der Waals surface area contributed by atoms with E-state index in [0.29, 0.717) is 45.6 Å². The third-order valence-corrected chi connectivity index (χ3v) is 4.97. The maximum absolute atomic E-state index is 6.16. The van der Waals surface area contributed by atoms with E-state index in [1.807, 2.05) is 24.4 Å². The van der Waals surface area contributed by atoms with Crippen molar-refractivity contribution in [1.29, 1.82) is 0 Å². The molecule has 0 radical (unpaired) electrons. The van der Waals surface area contributed by atoms with Gasteiger partial charge in [0.25, 0.3) is 5.22 Å². The van der Waals surface area contributed by atoms with Gasteiger partial charge in [-0.1, -0.05) is 40.7 Å². The van der Waals surface area contributed by atoms with Gasteiger partial charge < -0.3 is 10.2 Å². The SMILES string of the molecule is Cc1ncc(Cn2cc(CSc3nnc(-c4ccccc4Cl)o3)nn2)c(N)n1. The number of benzene rings is 1. The van der Waals surface area contributed by atoms with Crippen molar-refractivity contribution in [3.8, 4) is 11.5 Å². The van der Waals surface area contributed by atoms with Gasteiger partial charge in [-0.2, -0.15) is 0 Å². The minimum Gasteiger partial charge on any atom is -0.411 e. The first-order valence-electron chi connectivity index (χ1n) is 8.26. The molecule has 2 N–H and O–H groups in total. The zero-order valence-electron chi connectivity index (χ0n) is 14.8. The summed E-state index contributed by atoms with van der Waals surface area (Å²) in [7, 11) is 0. The Hall–Kier alpha value is -2.98. The van der Waals surface area contributed by atoms with Crippen molar-refractivity contribution in [2.75, 3.05) is 5.73 Å². The molecule has 0 amide bonds. The van der Waals surface area contributed by atoms with Crippen LogP contribution in [0, 0.1) is 6.92 Å². The standard InChI is InChI=1S/C17H15ClN8OS/c1-10-20-6-11(15(19)21-10)7-26-8-12(22-25-26)9-28-17-24-23-16(27-17)13-4-2-3-5-14(13)18/h2-6,8H,7,9H2,1H3,(H2,19,20,21). The molecule has 0 aliphatic carbocycles. The Morgan fingerprint density at radius 3 is 2.89 bits per heavy atom. The van der Waals surface area contributed by atoms with Crippen LogP contribution in [0.3, 0.4) is 0 Å². The van der Waals surface area contributed by atoms with Gasteiger partial charge in [0.05, 0.1) is 22.8 Å². The topological polar surface area (TPSA) is 121 Å². The van der Waals surface area contributed by atoms with E-state index in [1.54, 1.807) is 23.9 Å². The van der Waals surface area contributed by atoms with Gasteiger partial charge in [0.15, 0.2) is 0 Å². The molecule has 0 spiro atoms. The molecule has 11 heteroatoms. The summed E-state index contributed by atoms with van der Waals surface area (Å²) in [6.07, 6.45) is 3.53. The van der Waals surface area contributed by atoms with Gasteiger partial charge in [0.1, 0.15) is 11.6 Å². The van der Waals surface area contributed by atoms with E-state index in [4.69, 9.17) is 21.8 Å². The summed E-state index contributed by atoms with van der Waals surface area (Å²) >= 11 is 7.53. The van der Waals surface area contributed by atoms with Crippen molar-refractivity contribution >= 4 is 29.2 Å². The average Bonchev–Trinajstić information content (AvgIpc) is 3.32. The number of hydrogen-bond acceptors (Lipinski definition) is 9. The van der Waals surface area contributed by atoms with E-state index in [-0.39, 0.29) is 0 Å². The molecule has 3 aromatic heterocycles. The Bertz CT molecular complexity index is 1110. The van der Waals surface area contributed by atoms with E-state index in [2.05, 4.69) is 30.5 Å². The Balaban J connectivity index is 1.39. The second-order valence-corrected chi connectivity index (χ2v) is 7.21. The average molecular weight is 415 g/mol. The number of thioether (sulfide) groups is 1. The van der Waals surface area contributed by atoms with E-state index in [1.165, 1.54) is 11.8 Å². The molecule has 142 valence electrons. The number of aromatic nitrogens is 7. The summed E-state index contributed by atoms with van der Waals surface area (Å²) in [5, 5.41) is 17.3. The van der Waals surface area contributed by atoms with Crippen LogP contribution >= 0.6 is 23.4 Å². The van der Waals surface area contributed by atoms with E-state index < -0.39 is 0 Å². The van der Waals surface area contributed by atoms with Crippen LogP contribution in [0.25, 0.3) is 11.5 Å². The lowest BCUT2D eigenvalue weighted by molar-refractivity contribution is 0.466. The fourth-order valence-corrected chi connectivity index (χ4v) is 3.29. The highest BCUT2D eigenvalue weighted by atomic mass is 35.5. The van der Waals surface area contributed by atoms with Gasteiger partial charge in [-0.15, -0.1) is 15.3 Å². The fourth-order valence-electron chi connectivity index (χ4n) is 2.44. The van der Waals surface area contributed by atoms with E-state index in [9.17, 15) is 0 Å². The normalized spacial score (nSPS) is 11.1. The van der Waals surface area contributed by atoms with Crippen LogP contribution in [0.15, 0.2) is 46.3 Å². The molecular formula is C17H15ClN8OS. The van der Waals surface area contributed by atoms with Crippen molar-refractivity contribution in [2.24, 2.45) is 0 Å². The van der Waals surface area contributed by atoms with Crippen molar-refractivity contribution in [3.63, 3.8) is 0 Å². The first-order chi connectivity index (χ1) is 13.6. The maximum Gasteiger partial charge on any atom is 0.277 e. The van der Waals surface area contributed by atoms with Crippen molar-refractivity contribution in [1.82, 2.24) is 35.2 Å². The Labute approximate surface area is 169 Å². The zero-order chi connectivity index (χ0) is 19.5. The van der Waals surface area contributed by atoms with Crippen molar-refractivity contribution in [3.05, 3.63) is 58.8 Å². The van der Waals surface area contributed by atoms with Crippen LogP contribution in [-0.4, -0.2) is 35.2 Å². The van der Waals surface area contributed by atoms with Gasteiger partial charge in [0.2, 0.25) is 5.89 Å². The molecule has 0 fully saturated rings. The number of nitrogen functional groups attached to an aromatic ring is 1. The van der Waals surface area contributed by atoms with Gasteiger partial charge in [0, 0.05) is 23.7 Å². The van der Waals surface area contributed by atoms with Crippen LogP contribution in [0.4, 0.5) is 5.82 Å². The molecule has 1 aromatic carbocycles. The number of aryl methyl sites for hydroxylation is 1. The van der Waals surface area contributed by atoms with E-state index >= 15 is 0 Å². The first kappa shape index (κ1) is 18.4. The van der Waals surface area contributed by atoms with Crippen LogP contribution in [0.2, 0.25) is 5.02 Å². The second kappa shape index (κ2) is 7.95. The number of nitrogens with zero attached hydrogens (tertiary/aromatic N) is 7. The van der Waals surface area contributed by atoms with Crippen molar-refractivity contribution < 1.29 is 4.42 Å². The minimum absolute atomic E-state index is 0.381. The molecular weight excluding hydrogens is 400 g/mol. The molecule has 0 aliphatic rings. The number of anilines is 1. The van der Waals surface area contributed by atoms with Crippen LogP contribution in [-0.2, 0) is 12.3 Å². The Kier molecular flexibility index (Phi) is 5.22. The van der Waals surface area contributed by atoms with Gasteiger partial charge >= 0.3 is 0 Å². The highest BCUT2D eigenvalue weighted by Crippen LogP contribution is 2.29. The second-order valence-electron chi connectivity index (χ2n) is 5.88. The lowest BCUT2D eigenvalue weighted by Gasteiger charge is -2.04. The third-order valence-electron chi connectivity index (χ3n) is 3.79. The number of halogens is 1. The molecule has 0 saturated carbocycles. The first-order valence-corrected chi connectivity index (χ1v) is 9.63. The fraction of sp³-hybridized carbons (Fsp3) is 0.176. The minimum atomic E-state index is 0.381. The zero-order valence-corrected chi connectivity index (χ0v) is 16.4. The van der Waals surface area contributed by atoms with Gasteiger partial charge in [-0.3, -0.25) is 0 Å². The Morgan fingerprint density at radius 1 is 1.21 bits per heavy atom. The Morgan fingerprint density at radius 2 is 2.07 bits per heavy atom. The molecule has 4 aromatic rings. The van der Waals surface area contributed by atoms with E-state index in [0.717, 1.165) is 11.3 Å². The summed E-state index contributed by atoms with van der Waals surface area (Å²) < 4.78 is 7.35. The molecule has 0 atom stereocenters. The molecule has 0 aliphatic heterocycles. The molecule has 0 saturated heterocycles. The smallest absolute Gasteiger partial charge is 0.277 e. The summed E-state index contributed by atoms with van der Waals surface area (Å²) in [6, 6.07) is 7.31. The predicted molar refractivity (Wildman–Crippen MR) is 105 cm³/mol. The lowest BCUT2D eigenvalue weighted by atomic mass is 10.2. The van der Waals surface area contributed by atoms with Gasteiger partial charge in [-0.25, -0.2) is 14.6 Å². The molecule has 0 unspecified atom stereocenters. The maximum atomic E-state index is 6.16. The lowest BCUT2D eigenvalue weighted by Crippen LogP contribution is -2.07. The molecule has 4 rings (SSSR count). The summed E-state index contributed by atoms with van der Waals surface area (Å²) in [5.41, 5.74) is 8.18.